The summed E-state index contributed by atoms with van der Waals surface area (Å²) in [4.78, 5) is -0.217. The average molecular weight is 290 g/mol. The van der Waals surface area contributed by atoms with Crippen molar-refractivity contribution in [1.82, 2.24) is 4.72 Å². The molecule has 7 heteroatoms. The molecule has 2 atom stereocenters. The van der Waals surface area contributed by atoms with Gasteiger partial charge in [0, 0.05) is 17.3 Å². The lowest BCUT2D eigenvalue weighted by Gasteiger charge is -2.16. The quantitative estimate of drug-likeness (QED) is 0.709. The van der Waals surface area contributed by atoms with Gasteiger partial charge in [-0.1, -0.05) is 0 Å². The fraction of sp³-hybridized carbons (Fsp3) is 0.500. The first-order valence-electron chi connectivity index (χ1n) is 5.89. The molecule has 1 aromatic carbocycles. The molecular weight excluding hydrogens is 271 g/mol. The lowest BCUT2D eigenvalue weighted by Crippen LogP contribution is -2.34. The third kappa shape index (κ3) is 4.15. The number of sulfonamides is 1. The Morgan fingerprint density at radius 2 is 2.00 bits per heavy atom. The number of hydrogen-bond donors (Lipinski definition) is 3. The number of rotatable bonds is 5. The maximum atomic E-state index is 13.5. The van der Waals surface area contributed by atoms with E-state index in [1.807, 2.05) is 0 Å². The Balaban J connectivity index is 3.01. The summed E-state index contributed by atoms with van der Waals surface area (Å²) in [5.74, 6) is -0.663. The second-order valence-electron chi connectivity index (χ2n) is 4.73. The Bertz CT molecular complexity index is 535. The first kappa shape index (κ1) is 15.9. The van der Waals surface area contributed by atoms with Crippen molar-refractivity contribution in [1.29, 1.82) is 0 Å². The van der Waals surface area contributed by atoms with Crippen molar-refractivity contribution < 1.29 is 17.9 Å². The molecule has 0 spiro atoms. The fourth-order valence-electron chi connectivity index (χ4n) is 1.72. The highest BCUT2D eigenvalue weighted by atomic mass is 32.2. The van der Waals surface area contributed by atoms with E-state index in [0.717, 1.165) is 6.07 Å². The van der Waals surface area contributed by atoms with E-state index < -0.39 is 28.0 Å². The number of halogens is 1. The Labute approximate surface area is 112 Å². The molecule has 4 N–H and O–H groups in total. The molecule has 5 nitrogen and oxygen atoms in total. The van der Waals surface area contributed by atoms with Crippen molar-refractivity contribution in [2.45, 2.75) is 44.2 Å². The second-order valence-corrected chi connectivity index (χ2v) is 6.44. The third-order valence-corrected chi connectivity index (χ3v) is 4.29. The van der Waals surface area contributed by atoms with Crippen molar-refractivity contribution in [3.05, 3.63) is 23.5 Å². The van der Waals surface area contributed by atoms with Crippen LogP contribution in [0.4, 0.5) is 10.1 Å². The van der Waals surface area contributed by atoms with Gasteiger partial charge in [0.15, 0.2) is 0 Å². The van der Waals surface area contributed by atoms with Crippen LogP contribution in [-0.4, -0.2) is 25.7 Å². The molecule has 0 amide bonds. The molecule has 0 aliphatic heterocycles. The summed E-state index contributed by atoms with van der Waals surface area (Å²) in [7, 11) is -3.85. The highest BCUT2D eigenvalue weighted by Crippen LogP contribution is 2.21. The van der Waals surface area contributed by atoms with Crippen LogP contribution in [0.5, 0.6) is 0 Å². The number of aliphatic hydroxyl groups excluding tert-OH is 1. The molecule has 1 rings (SSSR count). The molecule has 1 aromatic rings. The number of aliphatic hydroxyl groups is 1. The Hall–Kier alpha value is -1.18. The third-order valence-electron chi connectivity index (χ3n) is 2.72. The number of anilines is 1. The van der Waals surface area contributed by atoms with E-state index in [1.165, 1.54) is 13.0 Å². The molecule has 0 aromatic heterocycles. The van der Waals surface area contributed by atoms with E-state index in [9.17, 15) is 17.9 Å². The van der Waals surface area contributed by atoms with Crippen molar-refractivity contribution in [3.63, 3.8) is 0 Å². The predicted octanol–water partition coefficient (Wildman–Crippen LogP) is 1.15. The summed E-state index contributed by atoms with van der Waals surface area (Å²) in [5, 5.41) is 9.20. The smallest absolute Gasteiger partial charge is 0.240 e. The van der Waals surface area contributed by atoms with Gasteiger partial charge in [0.1, 0.15) is 5.82 Å². The SMILES string of the molecule is Cc1c(N)cc(S(=O)(=O)NC(C)CC(C)O)cc1F. The highest BCUT2D eigenvalue weighted by molar-refractivity contribution is 7.89. The zero-order valence-electron chi connectivity index (χ0n) is 11.1. The Morgan fingerprint density at radius 3 is 2.47 bits per heavy atom. The minimum atomic E-state index is -3.85. The van der Waals surface area contributed by atoms with Gasteiger partial charge >= 0.3 is 0 Å². The molecule has 108 valence electrons. The van der Waals surface area contributed by atoms with E-state index in [4.69, 9.17) is 5.73 Å². The minimum Gasteiger partial charge on any atom is -0.398 e. The van der Waals surface area contributed by atoms with Gasteiger partial charge < -0.3 is 10.8 Å². The maximum Gasteiger partial charge on any atom is 0.240 e. The van der Waals surface area contributed by atoms with E-state index in [0.29, 0.717) is 0 Å². The van der Waals surface area contributed by atoms with Gasteiger partial charge in [-0.25, -0.2) is 17.5 Å². The summed E-state index contributed by atoms with van der Waals surface area (Å²) in [6.07, 6.45) is -0.360. The normalized spacial score (nSPS) is 15.2. The van der Waals surface area contributed by atoms with Gasteiger partial charge in [0.05, 0.1) is 11.0 Å². The van der Waals surface area contributed by atoms with Crippen molar-refractivity contribution in [2.24, 2.45) is 0 Å². The van der Waals surface area contributed by atoms with Crippen molar-refractivity contribution >= 4 is 15.7 Å². The van der Waals surface area contributed by atoms with Gasteiger partial charge in [0.2, 0.25) is 10.0 Å². The van der Waals surface area contributed by atoms with Crippen molar-refractivity contribution in [2.75, 3.05) is 5.73 Å². The number of nitrogens with two attached hydrogens (primary N) is 1. The van der Waals surface area contributed by atoms with Crippen LogP contribution in [0.15, 0.2) is 17.0 Å². The number of benzene rings is 1. The van der Waals surface area contributed by atoms with Gasteiger partial charge in [0.25, 0.3) is 0 Å². The molecule has 0 bridgehead atoms. The molecule has 2 unspecified atom stereocenters. The van der Waals surface area contributed by atoms with Gasteiger partial charge in [-0.15, -0.1) is 0 Å². The van der Waals surface area contributed by atoms with Gasteiger partial charge in [-0.3, -0.25) is 0 Å². The molecule has 0 saturated heterocycles. The van der Waals surface area contributed by atoms with E-state index >= 15 is 0 Å². The van der Waals surface area contributed by atoms with Gasteiger partial charge in [-0.2, -0.15) is 0 Å². The summed E-state index contributed by atoms with van der Waals surface area (Å²) < 4.78 is 39.9. The summed E-state index contributed by atoms with van der Waals surface area (Å²) in [5.41, 5.74) is 5.86. The minimum absolute atomic E-state index is 0.0866. The Kier molecular flexibility index (Phi) is 4.89. The standard InChI is InChI=1S/C12H19FN2O3S/c1-7(4-8(2)16)15-19(17,18)10-5-11(13)9(3)12(14)6-10/h5-8,15-16H,4,14H2,1-3H3. The summed E-state index contributed by atoms with van der Waals surface area (Å²) >= 11 is 0. The lowest BCUT2D eigenvalue weighted by molar-refractivity contribution is 0.175. The van der Waals surface area contributed by atoms with Crippen LogP contribution in [0.25, 0.3) is 0 Å². The topological polar surface area (TPSA) is 92.4 Å². The average Bonchev–Trinajstić information content (AvgIpc) is 2.22. The van der Waals surface area contributed by atoms with Gasteiger partial charge in [-0.05, 0) is 39.3 Å². The van der Waals surface area contributed by atoms with Crippen molar-refractivity contribution in [3.8, 4) is 0 Å². The molecule has 19 heavy (non-hydrogen) atoms. The molecule has 0 aliphatic carbocycles. The molecule has 0 heterocycles. The van der Waals surface area contributed by atoms with Crippen LogP contribution >= 0.6 is 0 Å². The van der Waals surface area contributed by atoms with Crippen LogP contribution < -0.4 is 10.5 Å². The largest absolute Gasteiger partial charge is 0.398 e. The Morgan fingerprint density at radius 1 is 1.42 bits per heavy atom. The van der Waals surface area contributed by atoms with E-state index in [1.54, 1.807) is 13.8 Å². The van der Waals surface area contributed by atoms with Crippen LogP contribution in [0.1, 0.15) is 25.8 Å². The molecule has 0 aliphatic rings. The zero-order chi connectivity index (χ0) is 14.8. The lowest BCUT2D eigenvalue weighted by atomic mass is 10.2. The molecule has 0 fully saturated rings. The predicted molar refractivity (Wildman–Crippen MR) is 71.6 cm³/mol. The number of nitrogens with one attached hydrogen (secondary N) is 1. The van der Waals surface area contributed by atoms with Crippen LogP contribution in [0.2, 0.25) is 0 Å². The zero-order valence-corrected chi connectivity index (χ0v) is 12.0. The second kappa shape index (κ2) is 5.85. The van der Waals surface area contributed by atoms with Crippen LogP contribution in [0, 0.1) is 12.7 Å². The maximum absolute atomic E-state index is 13.5. The number of nitrogen functional groups attached to an aromatic ring is 1. The number of hydrogen-bond acceptors (Lipinski definition) is 4. The molecule has 0 saturated carbocycles. The first-order chi connectivity index (χ1) is 8.63. The first-order valence-corrected chi connectivity index (χ1v) is 7.38. The van der Waals surface area contributed by atoms with Crippen LogP contribution in [0.3, 0.4) is 0 Å². The highest BCUT2D eigenvalue weighted by Gasteiger charge is 2.20. The molecular formula is C12H19FN2O3S. The summed E-state index contributed by atoms with van der Waals surface area (Å²) in [6, 6.07) is 1.69. The molecule has 0 radical (unpaired) electrons. The summed E-state index contributed by atoms with van der Waals surface area (Å²) in [6.45, 7) is 4.66. The van der Waals surface area contributed by atoms with Crippen LogP contribution in [-0.2, 0) is 10.0 Å². The fourth-order valence-corrected chi connectivity index (χ4v) is 3.02. The van der Waals surface area contributed by atoms with E-state index in [2.05, 4.69) is 4.72 Å². The monoisotopic (exact) mass is 290 g/mol. The van der Waals surface area contributed by atoms with E-state index in [-0.39, 0.29) is 22.6 Å².